The number of hydrogen-bond acceptors (Lipinski definition) is 3. The van der Waals surface area contributed by atoms with E-state index in [0.717, 1.165) is 41.2 Å². The quantitative estimate of drug-likeness (QED) is 0.776. The Labute approximate surface area is 140 Å². The molecule has 1 aliphatic rings. The second kappa shape index (κ2) is 6.00. The summed E-state index contributed by atoms with van der Waals surface area (Å²) in [7, 11) is 0. The summed E-state index contributed by atoms with van der Waals surface area (Å²) < 4.78 is 5.56. The second-order valence-corrected chi connectivity index (χ2v) is 6.15. The minimum Gasteiger partial charge on any atom is -0.493 e. The maximum absolute atomic E-state index is 12.3. The lowest BCUT2D eigenvalue weighted by Gasteiger charge is -2.12. The van der Waals surface area contributed by atoms with E-state index in [1.165, 1.54) is 5.56 Å². The van der Waals surface area contributed by atoms with E-state index >= 15 is 0 Å². The van der Waals surface area contributed by atoms with E-state index in [2.05, 4.69) is 15.3 Å². The molecule has 0 saturated carbocycles. The molecule has 24 heavy (non-hydrogen) atoms. The maximum Gasteiger partial charge on any atom is 0.224 e. The Morgan fingerprint density at radius 2 is 2.21 bits per heavy atom. The van der Waals surface area contributed by atoms with Crippen molar-refractivity contribution in [2.24, 2.45) is 0 Å². The average molecular weight is 321 g/mol. The Balaban J connectivity index is 1.43. The molecule has 0 radical (unpaired) electrons. The third-order valence-electron chi connectivity index (χ3n) is 4.32. The number of ether oxygens (including phenoxy) is 1. The molecule has 2 heterocycles. The van der Waals surface area contributed by atoms with Crippen LogP contribution in [0.15, 0.2) is 42.5 Å². The smallest absolute Gasteiger partial charge is 0.224 e. The van der Waals surface area contributed by atoms with Crippen molar-refractivity contribution in [2.45, 2.75) is 25.8 Å². The highest BCUT2D eigenvalue weighted by Crippen LogP contribution is 2.26. The van der Waals surface area contributed by atoms with Crippen LogP contribution >= 0.6 is 0 Å². The molecule has 4 rings (SSSR count). The monoisotopic (exact) mass is 321 g/mol. The first-order valence-corrected chi connectivity index (χ1v) is 8.17. The zero-order chi connectivity index (χ0) is 16.5. The first-order chi connectivity index (χ1) is 11.7. The number of para-hydroxylation sites is 2. The predicted molar refractivity (Wildman–Crippen MR) is 92.0 cm³/mol. The van der Waals surface area contributed by atoms with E-state index in [0.29, 0.717) is 6.42 Å². The van der Waals surface area contributed by atoms with Gasteiger partial charge in [0.2, 0.25) is 5.91 Å². The van der Waals surface area contributed by atoms with Gasteiger partial charge in [0, 0.05) is 6.42 Å². The maximum atomic E-state index is 12.3. The third-order valence-corrected chi connectivity index (χ3v) is 4.32. The minimum absolute atomic E-state index is 0.0269. The van der Waals surface area contributed by atoms with Gasteiger partial charge in [-0.05, 0) is 36.2 Å². The number of fused-ring (bicyclic) bond motifs is 2. The number of nitrogens with one attached hydrogen (secondary N) is 2. The highest BCUT2D eigenvalue weighted by molar-refractivity contribution is 5.79. The van der Waals surface area contributed by atoms with Crippen molar-refractivity contribution in [1.82, 2.24) is 15.3 Å². The normalized spacial score (nSPS) is 14.2. The molecule has 5 heteroatoms. The zero-order valence-corrected chi connectivity index (χ0v) is 13.5. The van der Waals surface area contributed by atoms with Gasteiger partial charge in [0.05, 0.1) is 30.1 Å². The standard InChI is InChI=1S/C19H19N3O2/c1-12(19-21-15-4-2-3-5-16(15)22-19)20-18(23)11-13-6-7-14-8-9-24-17(14)10-13/h2-7,10,12H,8-9,11H2,1H3,(H,20,23)(H,21,22)/t12-/m0/s1. The summed E-state index contributed by atoms with van der Waals surface area (Å²) in [6.45, 7) is 2.66. The topological polar surface area (TPSA) is 67.0 Å². The van der Waals surface area contributed by atoms with Crippen molar-refractivity contribution >= 4 is 16.9 Å². The van der Waals surface area contributed by atoms with Crippen LogP contribution in [0.25, 0.3) is 11.0 Å². The molecule has 2 aromatic carbocycles. The van der Waals surface area contributed by atoms with Crippen molar-refractivity contribution in [2.75, 3.05) is 6.61 Å². The Morgan fingerprint density at radius 3 is 3.08 bits per heavy atom. The van der Waals surface area contributed by atoms with Crippen LogP contribution in [0.5, 0.6) is 5.75 Å². The van der Waals surface area contributed by atoms with Crippen molar-refractivity contribution in [3.63, 3.8) is 0 Å². The number of benzene rings is 2. The van der Waals surface area contributed by atoms with E-state index in [4.69, 9.17) is 4.74 Å². The summed E-state index contributed by atoms with van der Waals surface area (Å²) in [5.74, 6) is 1.65. The van der Waals surface area contributed by atoms with Crippen LogP contribution in [0.4, 0.5) is 0 Å². The fraction of sp³-hybridized carbons (Fsp3) is 0.263. The van der Waals surface area contributed by atoms with E-state index < -0.39 is 0 Å². The molecule has 0 saturated heterocycles. The molecule has 0 spiro atoms. The van der Waals surface area contributed by atoms with Crippen molar-refractivity contribution in [1.29, 1.82) is 0 Å². The molecule has 1 aliphatic heterocycles. The molecule has 3 aromatic rings. The Morgan fingerprint density at radius 1 is 1.33 bits per heavy atom. The van der Waals surface area contributed by atoms with Crippen LogP contribution in [-0.4, -0.2) is 22.5 Å². The van der Waals surface area contributed by atoms with Gasteiger partial charge in [-0.25, -0.2) is 4.98 Å². The first-order valence-electron chi connectivity index (χ1n) is 8.17. The highest BCUT2D eigenvalue weighted by atomic mass is 16.5. The number of rotatable bonds is 4. The van der Waals surface area contributed by atoms with Crippen LogP contribution in [0.1, 0.15) is 29.9 Å². The Kier molecular flexibility index (Phi) is 3.69. The van der Waals surface area contributed by atoms with E-state index in [-0.39, 0.29) is 11.9 Å². The summed E-state index contributed by atoms with van der Waals surface area (Å²) in [4.78, 5) is 20.1. The summed E-state index contributed by atoms with van der Waals surface area (Å²) in [6.07, 6.45) is 1.28. The molecular formula is C19H19N3O2. The second-order valence-electron chi connectivity index (χ2n) is 6.15. The van der Waals surface area contributed by atoms with Crippen molar-refractivity contribution < 1.29 is 9.53 Å². The van der Waals surface area contributed by atoms with Crippen LogP contribution in [0, 0.1) is 0 Å². The molecule has 1 aromatic heterocycles. The number of carbonyl (C=O) groups excluding carboxylic acids is 1. The van der Waals surface area contributed by atoms with Gasteiger partial charge in [0.15, 0.2) is 0 Å². The van der Waals surface area contributed by atoms with Crippen LogP contribution in [0.2, 0.25) is 0 Å². The van der Waals surface area contributed by atoms with Gasteiger partial charge in [0.25, 0.3) is 0 Å². The first kappa shape index (κ1) is 14.8. The molecule has 0 aliphatic carbocycles. The lowest BCUT2D eigenvalue weighted by Crippen LogP contribution is -2.28. The number of amides is 1. The molecule has 0 unspecified atom stereocenters. The molecular weight excluding hydrogens is 302 g/mol. The number of aromatic amines is 1. The van der Waals surface area contributed by atoms with E-state index in [1.807, 2.05) is 49.4 Å². The van der Waals surface area contributed by atoms with Gasteiger partial charge in [-0.15, -0.1) is 0 Å². The van der Waals surface area contributed by atoms with Gasteiger partial charge >= 0.3 is 0 Å². The number of imidazole rings is 1. The van der Waals surface area contributed by atoms with Gasteiger partial charge in [-0.1, -0.05) is 24.3 Å². The van der Waals surface area contributed by atoms with Crippen molar-refractivity contribution in [3.8, 4) is 5.75 Å². The molecule has 5 nitrogen and oxygen atoms in total. The molecule has 0 fully saturated rings. The SMILES string of the molecule is C[C@H](NC(=O)Cc1ccc2c(c1)OCC2)c1nc2ccccc2[nH]1. The number of H-pyrrole nitrogens is 1. The van der Waals surface area contributed by atoms with Crippen LogP contribution in [-0.2, 0) is 17.6 Å². The average Bonchev–Trinajstić information content (AvgIpc) is 3.20. The van der Waals surface area contributed by atoms with Gasteiger partial charge < -0.3 is 15.0 Å². The molecule has 1 amide bonds. The Hall–Kier alpha value is -2.82. The zero-order valence-electron chi connectivity index (χ0n) is 13.5. The lowest BCUT2D eigenvalue weighted by atomic mass is 10.1. The summed E-state index contributed by atoms with van der Waals surface area (Å²) >= 11 is 0. The molecule has 1 atom stereocenters. The fourth-order valence-electron chi connectivity index (χ4n) is 3.04. The number of aromatic nitrogens is 2. The number of carbonyl (C=O) groups is 1. The largest absolute Gasteiger partial charge is 0.493 e. The molecule has 2 N–H and O–H groups in total. The number of nitrogens with zero attached hydrogens (tertiary/aromatic N) is 1. The van der Waals surface area contributed by atoms with Crippen LogP contribution < -0.4 is 10.1 Å². The molecule has 0 bridgehead atoms. The van der Waals surface area contributed by atoms with E-state index in [1.54, 1.807) is 0 Å². The number of hydrogen-bond donors (Lipinski definition) is 2. The van der Waals surface area contributed by atoms with Gasteiger partial charge in [-0.3, -0.25) is 4.79 Å². The molecule has 122 valence electrons. The van der Waals surface area contributed by atoms with Gasteiger partial charge in [0.1, 0.15) is 11.6 Å². The summed E-state index contributed by atoms with van der Waals surface area (Å²) in [5, 5.41) is 3.00. The fourth-order valence-corrected chi connectivity index (χ4v) is 3.04. The summed E-state index contributed by atoms with van der Waals surface area (Å²) in [6, 6.07) is 13.7. The highest BCUT2D eigenvalue weighted by Gasteiger charge is 2.16. The van der Waals surface area contributed by atoms with Crippen molar-refractivity contribution in [3.05, 3.63) is 59.4 Å². The van der Waals surface area contributed by atoms with Crippen LogP contribution in [0.3, 0.4) is 0 Å². The van der Waals surface area contributed by atoms with E-state index in [9.17, 15) is 4.79 Å². The summed E-state index contributed by atoms with van der Waals surface area (Å²) in [5.41, 5.74) is 4.06. The lowest BCUT2D eigenvalue weighted by molar-refractivity contribution is -0.121. The predicted octanol–water partition coefficient (Wildman–Crippen LogP) is 2.92. The minimum atomic E-state index is -0.171. The third kappa shape index (κ3) is 2.85. The Bertz CT molecular complexity index is 868. The van der Waals surface area contributed by atoms with Gasteiger partial charge in [-0.2, -0.15) is 0 Å².